The van der Waals surface area contributed by atoms with E-state index in [1.165, 1.54) is 0 Å². The van der Waals surface area contributed by atoms with Crippen LogP contribution in [0.15, 0.2) is 12.1 Å². The molecule has 1 aromatic carbocycles. The maximum atomic E-state index is 12.6. The summed E-state index contributed by atoms with van der Waals surface area (Å²) in [5.74, 6) is 1.51. The molecular weight excluding hydrogens is 298 g/mol. The number of nitrogens with one attached hydrogen (secondary N) is 1. The molecule has 0 spiro atoms. The number of carbonyl (C=O) groups excluding carboxylic acids is 1. The maximum Gasteiger partial charge on any atom is 0.249 e. The molecule has 0 aliphatic carbocycles. The van der Waals surface area contributed by atoms with Crippen LogP contribution in [0.5, 0.6) is 11.5 Å². The van der Waals surface area contributed by atoms with E-state index >= 15 is 0 Å². The van der Waals surface area contributed by atoms with Gasteiger partial charge in [0.25, 0.3) is 0 Å². The van der Waals surface area contributed by atoms with E-state index in [0.717, 1.165) is 50.0 Å². The number of carbonyl (C=O) groups is 1. The second-order valence-electron chi connectivity index (χ2n) is 6.03. The van der Waals surface area contributed by atoms with Crippen molar-refractivity contribution in [2.24, 2.45) is 0 Å². The van der Waals surface area contributed by atoms with Crippen LogP contribution in [0.2, 0.25) is 0 Å². The second kappa shape index (κ2) is 5.90. The van der Waals surface area contributed by atoms with Crippen molar-refractivity contribution in [1.29, 1.82) is 0 Å². The lowest BCUT2D eigenvalue weighted by molar-refractivity contribution is -0.119. The third-order valence-electron chi connectivity index (χ3n) is 4.53. The molecule has 3 aliphatic rings. The minimum absolute atomic E-state index is 0.0876. The van der Waals surface area contributed by atoms with E-state index in [1.54, 1.807) is 0 Å². The van der Waals surface area contributed by atoms with E-state index in [4.69, 9.17) is 14.2 Å². The summed E-state index contributed by atoms with van der Waals surface area (Å²) in [4.78, 5) is 16.8. The van der Waals surface area contributed by atoms with Crippen LogP contribution in [0.25, 0.3) is 0 Å². The Morgan fingerprint density at radius 2 is 1.91 bits per heavy atom. The number of nitrogens with zero attached hydrogens (tertiary/aromatic N) is 2. The number of fused-ring (bicyclic) bond motifs is 2. The zero-order valence-corrected chi connectivity index (χ0v) is 13.2. The smallest absolute Gasteiger partial charge is 0.249 e. The summed E-state index contributed by atoms with van der Waals surface area (Å²) in [6.07, 6.45) is 0. The van der Waals surface area contributed by atoms with E-state index in [-0.39, 0.29) is 18.7 Å². The molecule has 1 amide bonds. The zero-order valence-electron chi connectivity index (χ0n) is 13.2. The number of ether oxygens (including phenoxy) is 3. The number of hydrogen-bond acceptors (Lipinski definition) is 6. The first-order valence-corrected chi connectivity index (χ1v) is 8.04. The van der Waals surface area contributed by atoms with Crippen molar-refractivity contribution in [2.75, 3.05) is 56.4 Å². The van der Waals surface area contributed by atoms with Crippen molar-refractivity contribution in [3.05, 3.63) is 12.1 Å². The van der Waals surface area contributed by atoms with Gasteiger partial charge in [0.15, 0.2) is 11.5 Å². The van der Waals surface area contributed by atoms with Crippen LogP contribution in [-0.2, 0) is 9.53 Å². The average Bonchev–Trinajstić information content (AvgIpc) is 3.02. The molecule has 1 atom stereocenters. The third-order valence-corrected chi connectivity index (χ3v) is 4.53. The lowest BCUT2D eigenvalue weighted by Crippen LogP contribution is -2.49. The van der Waals surface area contributed by atoms with Gasteiger partial charge >= 0.3 is 0 Å². The van der Waals surface area contributed by atoms with Gasteiger partial charge in [-0.05, 0) is 6.92 Å². The van der Waals surface area contributed by atoms with Gasteiger partial charge in [-0.15, -0.1) is 0 Å². The lowest BCUT2D eigenvalue weighted by atomic mass is 10.1. The topological polar surface area (TPSA) is 63.3 Å². The molecule has 0 radical (unpaired) electrons. The zero-order chi connectivity index (χ0) is 15.8. The van der Waals surface area contributed by atoms with Gasteiger partial charge in [-0.1, -0.05) is 0 Å². The summed E-state index contributed by atoms with van der Waals surface area (Å²) in [7, 11) is 0. The van der Waals surface area contributed by atoms with Gasteiger partial charge in [-0.2, -0.15) is 0 Å². The highest BCUT2D eigenvalue weighted by atomic mass is 16.7. The largest absolute Gasteiger partial charge is 0.454 e. The highest BCUT2D eigenvalue weighted by molar-refractivity contribution is 6.05. The third kappa shape index (κ3) is 2.70. The summed E-state index contributed by atoms with van der Waals surface area (Å²) >= 11 is 0. The molecule has 0 saturated carbocycles. The molecule has 1 aromatic rings. The minimum atomic E-state index is -0.243. The Labute approximate surface area is 135 Å². The highest BCUT2D eigenvalue weighted by Gasteiger charge is 2.32. The Morgan fingerprint density at radius 3 is 2.70 bits per heavy atom. The maximum absolute atomic E-state index is 12.6. The molecule has 4 rings (SSSR count). The molecule has 124 valence electrons. The fourth-order valence-electron chi connectivity index (χ4n) is 3.21. The van der Waals surface area contributed by atoms with Crippen LogP contribution in [0.3, 0.4) is 0 Å². The van der Waals surface area contributed by atoms with Gasteiger partial charge in [0.1, 0.15) is 6.04 Å². The molecule has 3 aliphatic heterocycles. The second-order valence-corrected chi connectivity index (χ2v) is 6.03. The quantitative estimate of drug-likeness (QED) is 0.893. The first-order chi connectivity index (χ1) is 11.2. The van der Waals surface area contributed by atoms with Gasteiger partial charge < -0.3 is 24.4 Å². The Morgan fingerprint density at radius 1 is 1.17 bits per heavy atom. The van der Waals surface area contributed by atoms with Crippen LogP contribution in [-0.4, -0.2) is 63.0 Å². The van der Waals surface area contributed by atoms with Crippen molar-refractivity contribution in [2.45, 2.75) is 13.0 Å². The highest BCUT2D eigenvalue weighted by Crippen LogP contribution is 2.43. The predicted molar refractivity (Wildman–Crippen MR) is 85.3 cm³/mol. The van der Waals surface area contributed by atoms with Crippen molar-refractivity contribution in [3.63, 3.8) is 0 Å². The predicted octanol–water partition coefficient (Wildman–Crippen LogP) is 0.894. The monoisotopic (exact) mass is 319 g/mol. The molecule has 1 saturated heterocycles. The van der Waals surface area contributed by atoms with Crippen LogP contribution < -0.4 is 19.7 Å². The number of morpholine rings is 1. The number of rotatable bonds is 3. The summed E-state index contributed by atoms with van der Waals surface area (Å²) in [6, 6.07) is 3.57. The number of benzene rings is 1. The van der Waals surface area contributed by atoms with E-state index in [1.807, 2.05) is 24.0 Å². The SMILES string of the molecule is CC1Nc2cc3c(cc2N(CCN2CCOCC2)C1=O)OCO3. The standard InChI is InChI=1S/C16H21N3O4/c1-11-16(20)19(3-2-18-4-6-21-7-5-18)13-9-15-14(22-10-23-15)8-12(13)17-11/h8-9,11,17H,2-7,10H2,1H3. The molecule has 0 bridgehead atoms. The first kappa shape index (κ1) is 14.6. The molecule has 1 N–H and O–H groups in total. The molecule has 0 aromatic heterocycles. The normalized spacial score (nSPS) is 23.6. The Kier molecular flexibility index (Phi) is 3.74. The molecule has 7 nitrogen and oxygen atoms in total. The summed E-state index contributed by atoms with van der Waals surface area (Å²) < 4.78 is 16.3. The van der Waals surface area contributed by atoms with E-state index in [2.05, 4.69) is 10.2 Å². The van der Waals surface area contributed by atoms with Gasteiger partial charge in [0, 0.05) is 38.3 Å². The fraction of sp³-hybridized carbons (Fsp3) is 0.562. The van der Waals surface area contributed by atoms with Crippen LogP contribution in [0.1, 0.15) is 6.92 Å². The van der Waals surface area contributed by atoms with Crippen molar-refractivity contribution < 1.29 is 19.0 Å². The minimum Gasteiger partial charge on any atom is -0.454 e. The van der Waals surface area contributed by atoms with Crippen molar-refractivity contribution >= 4 is 17.3 Å². The molecule has 7 heteroatoms. The molecular formula is C16H21N3O4. The van der Waals surface area contributed by atoms with E-state index in [9.17, 15) is 4.79 Å². The van der Waals surface area contributed by atoms with Gasteiger partial charge in [0.05, 0.1) is 24.6 Å². The number of hydrogen-bond donors (Lipinski definition) is 1. The van der Waals surface area contributed by atoms with Crippen LogP contribution >= 0.6 is 0 Å². The molecule has 3 heterocycles. The van der Waals surface area contributed by atoms with Crippen LogP contribution in [0.4, 0.5) is 11.4 Å². The van der Waals surface area contributed by atoms with Gasteiger partial charge in [-0.3, -0.25) is 9.69 Å². The summed E-state index contributed by atoms with van der Waals surface area (Å²) in [6.45, 7) is 7.00. The number of anilines is 2. The van der Waals surface area contributed by atoms with Crippen molar-refractivity contribution in [1.82, 2.24) is 4.90 Å². The molecule has 1 fully saturated rings. The lowest BCUT2D eigenvalue weighted by Gasteiger charge is -2.36. The van der Waals surface area contributed by atoms with Crippen LogP contribution in [0, 0.1) is 0 Å². The van der Waals surface area contributed by atoms with Gasteiger partial charge in [-0.25, -0.2) is 0 Å². The fourth-order valence-corrected chi connectivity index (χ4v) is 3.21. The molecule has 23 heavy (non-hydrogen) atoms. The van der Waals surface area contributed by atoms with E-state index in [0.29, 0.717) is 12.3 Å². The summed E-state index contributed by atoms with van der Waals surface area (Å²) in [5, 5.41) is 3.25. The summed E-state index contributed by atoms with van der Waals surface area (Å²) in [5.41, 5.74) is 1.79. The molecule has 1 unspecified atom stereocenters. The van der Waals surface area contributed by atoms with E-state index < -0.39 is 0 Å². The number of amides is 1. The average molecular weight is 319 g/mol. The Balaban J connectivity index is 1.57. The first-order valence-electron chi connectivity index (χ1n) is 8.04. The van der Waals surface area contributed by atoms with Gasteiger partial charge in [0.2, 0.25) is 12.7 Å². The van der Waals surface area contributed by atoms with Crippen molar-refractivity contribution in [3.8, 4) is 11.5 Å². The Hall–Kier alpha value is -1.99. The Bertz CT molecular complexity index is 616.